The van der Waals surface area contributed by atoms with E-state index in [1.54, 1.807) is 18.4 Å². The predicted molar refractivity (Wildman–Crippen MR) is 63.5 cm³/mol. The molecule has 0 fully saturated rings. The molecule has 0 saturated carbocycles. The summed E-state index contributed by atoms with van der Waals surface area (Å²) in [6.45, 7) is 2.12. The van der Waals surface area contributed by atoms with Crippen LogP contribution in [0.2, 0.25) is 0 Å². The minimum Gasteiger partial charge on any atom is -0.497 e. The Labute approximate surface area is 93.6 Å². The second-order valence-electron chi connectivity index (χ2n) is 3.21. The Kier molecular flexibility index (Phi) is 3.02. The largest absolute Gasteiger partial charge is 0.497 e. The molecule has 1 aromatic heterocycles. The lowest BCUT2D eigenvalue weighted by molar-refractivity contribution is 0.415. The first-order valence-corrected chi connectivity index (χ1v) is 5.80. The lowest BCUT2D eigenvalue weighted by Crippen LogP contribution is -1.84. The van der Waals surface area contributed by atoms with Crippen LogP contribution in [-0.4, -0.2) is 12.1 Å². The van der Waals surface area contributed by atoms with Crippen molar-refractivity contribution >= 4 is 11.3 Å². The molecule has 1 aromatic carbocycles. The Morgan fingerprint density at radius 1 is 1.40 bits per heavy atom. The Balaban J connectivity index is 2.35. The maximum Gasteiger partial charge on any atom is 0.119 e. The maximum atomic E-state index is 5.19. The smallest absolute Gasteiger partial charge is 0.119 e. The predicted octanol–water partition coefficient (Wildman–Crippen LogP) is 3.38. The van der Waals surface area contributed by atoms with E-state index in [-0.39, 0.29) is 0 Å². The summed E-state index contributed by atoms with van der Waals surface area (Å²) in [7, 11) is 1.68. The minimum atomic E-state index is 0.874. The summed E-state index contributed by atoms with van der Waals surface area (Å²) < 4.78 is 5.19. The van der Waals surface area contributed by atoms with Gasteiger partial charge in [0.25, 0.3) is 0 Å². The Morgan fingerprint density at radius 2 is 2.27 bits per heavy atom. The Hall–Kier alpha value is -1.35. The van der Waals surface area contributed by atoms with Gasteiger partial charge in [-0.2, -0.15) is 0 Å². The number of thiazole rings is 1. The van der Waals surface area contributed by atoms with Crippen LogP contribution < -0.4 is 4.74 Å². The van der Waals surface area contributed by atoms with Gasteiger partial charge in [-0.3, -0.25) is 0 Å². The van der Waals surface area contributed by atoms with Gasteiger partial charge < -0.3 is 4.74 Å². The summed E-state index contributed by atoms with van der Waals surface area (Å²) in [6, 6.07) is 7.99. The van der Waals surface area contributed by atoms with Gasteiger partial charge in [0.1, 0.15) is 5.75 Å². The summed E-state index contributed by atoms with van der Waals surface area (Å²) in [5.74, 6) is 0.874. The van der Waals surface area contributed by atoms with Crippen LogP contribution in [-0.2, 0) is 6.42 Å². The van der Waals surface area contributed by atoms with Crippen molar-refractivity contribution in [1.82, 2.24) is 4.98 Å². The van der Waals surface area contributed by atoms with Crippen LogP contribution in [0.1, 0.15) is 11.9 Å². The van der Waals surface area contributed by atoms with Crippen LogP contribution >= 0.6 is 11.3 Å². The number of ether oxygens (including phenoxy) is 1. The molecule has 78 valence electrons. The van der Waals surface area contributed by atoms with Gasteiger partial charge in [0.15, 0.2) is 0 Å². The fourth-order valence-corrected chi connectivity index (χ4v) is 2.14. The number of nitrogens with zero attached hydrogens (tertiary/aromatic N) is 1. The molecule has 2 aromatic rings. The molecule has 3 heteroatoms. The molecular formula is C12H13NOS. The quantitative estimate of drug-likeness (QED) is 0.789. The van der Waals surface area contributed by atoms with E-state index in [0.717, 1.165) is 23.4 Å². The van der Waals surface area contributed by atoms with Gasteiger partial charge in [-0.1, -0.05) is 19.1 Å². The maximum absolute atomic E-state index is 5.19. The molecule has 0 aliphatic rings. The highest BCUT2D eigenvalue weighted by Gasteiger charge is 2.03. The van der Waals surface area contributed by atoms with Crippen molar-refractivity contribution in [2.75, 3.05) is 7.11 Å². The zero-order valence-electron chi connectivity index (χ0n) is 8.86. The van der Waals surface area contributed by atoms with E-state index >= 15 is 0 Å². The van der Waals surface area contributed by atoms with Crippen LogP contribution in [0.3, 0.4) is 0 Å². The standard InChI is InChI=1S/C12H13NOS/c1-3-12-13-11(8-15-12)9-5-4-6-10(7-9)14-2/h4-8H,3H2,1-2H3. The first-order chi connectivity index (χ1) is 7.33. The summed E-state index contributed by atoms with van der Waals surface area (Å²) in [5, 5.41) is 3.26. The molecule has 0 aliphatic heterocycles. The van der Waals surface area contributed by atoms with Crippen LogP contribution in [0.25, 0.3) is 11.3 Å². The van der Waals surface area contributed by atoms with Crippen LogP contribution in [0.5, 0.6) is 5.75 Å². The van der Waals surface area contributed by atoms with Gasteiger partial charge in [-0.25, -0.2) is 4.98 Å². The van der Waals surface area contributed by atoms with Crippen LogP contribution in [0.15, 0.2) is 29.6 Å². The lowest BCUT2D eigenvalue weighted by atomic mass is 10.2. The number of hydrogen-bond acceptors (Lipinski definition) is 3. The topological polar surface area (TPSA) is 22.1 Å². The minimum absolute atomic E-state index is 0.874. The number of benzene rings is 1. The third-order valence-electron chi connectivity index (χ3n) is 2.22. The van der Waals surface area contributed by atoms with Crippen LogP contribution in [0, 0.1) is 0 Å². The van der Waals surface area contributed by atoms with Crippen molar-refractivity contribution in [3.8, 4) is 17.0 Å². The third kappa shape index (κ3) is 2.18. The van der Waals surface area contributed by atoms with Gasteiger partial charge in [0, 0.05) is 10.9 Å². The van der Waals surface area contributed by atoms with Gasteiger partial charge in [0.2, 0.25) is 0 Å². The van der Waals surface area contributed by atoms with Crippen molar-refractivity contribution in [1.29, 1.82) is 0 Å². The summed E-state index contributed by atoms with van der Waals surface area (Å²) in [4.78, 5) is 4.54. The molecule has 0 aliphatic carbocycles. The molecule has 0 spiro atoms. The lowest BCUT2D eigenvalue weighted by Gasteiger charge is -2.01. The van der Waals surface area contributed by atoms with Gasteiger partial charge >= 0.3 is 0 Å². The zero-order valence-corrected chi connectivity index (χ0v) is 9.67. The van der Waals surface area contributed by atoms with Crippen molar-refractivity contribution < 1.29 is 4.74 Å². The molecule has 0 saturated heterocycles. The Bertz CT molecular complexity index is 450. The van der Waals surface area contributed by atoms with E-state index in [0.29, 0.717) is 0 Å². The molecule has 0 radical (unpaired) electrons. The first kappa shape index (κ1) is 10.2. The summed E-state index contributed by atoms with van der Waals surface area (Å²) in [6.07, 6.45) is 0.995. The van der Waals surface area contributed by atoms with E-state index in [1.165, 1.54) is 5.01 Å². The molecule has 1 heterocycles. The molecule has 0 bridgehead atoms. The average molecular weight is 219 g/mol. The highest BCUT2D eigenvalue weighted by Crippen LogP contribution is 2.25. The molecule has 2 nitrogen and oxygen atoms in total. The van der Waals surface area contributed by atoms with Crippen molar-refractivity contribution in [2.24, 2.45) is 0 Å². The fraction of sp³-hybridized carbons (Fsp3) is 0.250. The van der Waals surface area contributed by atoms with Gasteiger partial charge in [-0.15, -0.1) is 11.3 Å². The molecule has 0 N–H and O–H groups in total. The number of aryl methyl sites for hydroxylation is 1. The number of hydrogen-bond donors (Lipinski definition) is 0. The number of rotatable bonds is 3. The van der Waals surface area contributed by atoms with Crippen molar-refractivity contribution in [3.05, 3.63) is 34.7 Å². The average Bonchev–Trinajstić information content (AvgIpc) is 2.78. The Morgan fingerprint density at radius 3 is 2.93 bits per heavy atom. The molecule has 0 unspecified atom stereocenters. The van der Waals surface area contributed by atoms with E-state index in [9.17, 15) is 0 Å². The van der Waals surface area contributed by atoms with Crippen LogP contribution in [0.4, 0.5) is 0 Å². The van der Waals surface area contributed by atoms with Gasteiger partial charge in [0.05, 0.1) is 17.8 Å². The molecule has 0 amide bonds. The fourth-order valence-electron chi connectivity index (χ4n) is 1.39. The third-order valence-corrected chi connectivity index (χ3v) is 3.21. The van der Waals surface area contributed by atoms with E-state index < -0.39 is 0 Å². The second kappa shape index (κ2) is 4.45. The number of methoxy groups -OCH3 is 1. The molecule has 2 rings (SSSR count). The number of aromatic nitrogens is 1. The second-order valence-corrected chi connectivity index (χ2v) is 4.15. The molecular weight excluding hydrogens is 206 g/mol. The van der Waals surface area contributed by atoms with E-state index in [2.05, 4.69) is 23.4 Å². The first-order valence-electron chi connectivity index (χ1n) is 4.92. The SMILES string of the molecule is CCc1nc(-c2cccc(OC)c2)cs1. The zero-order chi connectivity index (χ0) is 10.7. The molecule has 0 atom stereocenters. The monoisotopic (exact) mass is 219 g/mol. The summed E-state index contributed by atoms with van der Waals surface area (Å²) in [5.41, 5.74) is 2.15. The van der Waals surface area contributed by atoms with Gasteiger partial charge in [-0.05, 0) is 18.6 Å². The summed E-state index contributed by atoms with van der Waals surface area (Å²) >= 11 is 1.71. The van der Waals surface area contributed by atoms with E-state index in [4.69, 9.17) is 4.74 Å². The van der Waals surface area contributed by atoms with Crippen molar-refractivity contribution in [3.63, 3.8) is 0 Å². The molecule has 15 heavy (non-hydrogen) atoms. The normalized spacial score (nSPS) is 10.3. The highest BCUT2D eigenvalue weighted by molar-refractivity contribution is 7.09. The van der Waals surface area contributed by atoms with Crippen molar-refractivity contribution in [2.45, 2.75) is 13.3 Å². The van der Waals surface area contributed by atoms with E-state index in [1.807, 2.05) is 18.2 Å². The highest BCUT2D eigenvalue weighted by atomic mass is 32.1.